The molecule has 2 heterocycles. The molecule has 4 rings (SSSR count). The van der Waals surface area contributed by atoms with Crippen LogP contribution in [0.5, 0.6) is 0 Å². The van der Waals surface area contributed by atoms with Gasteiger partial charge in [-0.05, 0) is 25.0 Å². The molecule has 2 N–H and O–H groups in total. The van der Waals surface area contributed by atoms with Crippen molar-refractivity contribution in [3.8, 4) is 11.4 Å². The number of nitrogens with zero attached hydrogens (tertiary/aromatic N) is 3. The molecule has 0 amide bonds. The van der Waals surface area contributed by atoms with Crippen LogP contribution in [0, 0.1) is 0 Å². The van der Waals surface area contributed by atoms with Crippen molar-refractivity contribution in [2.75, 3.05) is 0 Å². The van der Waals surface area contributed by atoms with Gasteiger partial charge in [0.2, 0.25) is 0 Å². The lowest BCUT2D eigenvalue weighted by Crippen LogP contribution is -2.27. The van der Waals surface area contributed by atoms with Gasteiger partial charge in [0.25, 0.3) is 0 Å². The smallest absolute Gasteiger partial charge is 0.140 e. The van der Waals surface area contributed by atoms with Crippen molar-refractivity contribution in [1.29, 1.82) is 0 Å². The molecular formula is C17H17N3O2. The standard InChI is InChI=1S/C17H17N3O2/c21-15-6-5-14(16(15)22)20-9-8-19-17(20)12-4-3-11-2-1-7-18-13(11)10-12/h1-4,7-10,14-16,21-22H,5-6H2/t14-,15-,16+/m1/s1. The molecule has 2 aromatic heterocycles. The van der Waals surface area contributed by atoms with E-state index in [-0.39, 0.29) is 6.04 Å². The van der Waals surface area contributed by atoms with Gasteiger partial charge in [0.15, 0.2) is 0 Å². The van der Waals surface area contributed by atoms with E-state index >= 15 is 0 Å². The van der Waals surface area contributed by atoms with Gasteiger partial charge in [-0.3, -0.25) is 4.98 Å². The normalized spacial score (nSPS) is 24.9. The first-order valence-electron chi connectivity index (χ1n) is 7.48. The summed E-state index contributed by atoms with van der Waals surface area (Å²) in [6.07, 6.45) is 5.33. The lowest BCUT2D eigenvalue weighted by molar-refractivity contribution is 0.0238. The van der Waals surface area contributed by atoms with Crippen molar-refractivity contribution in [1.82, 2.24) is 14.5 Å². The first-order valence-corrected chi connectivity index (χ1v) is 7.48. The van der Waals surface area contributed by atoms with Gasteiger partial charge in [-0.25, -0.2) is 4.98 Å². The number of aromatic nitrogens is 3. The summed E-state index contributed by atoms with van der Waals surface area (Å²) in [4.78, 5) is 8.82. The minimum absolute atomic E-state index is 0.132. The van der Waals surface area contributed by atoms with E-state index < -0.39 is 12.2 Å². The quantitative estimate of drug-likeness (QED) is 0.760. The van der Waals surface area contributed by atoms with Crippen LogP contribution in [-0.2, 0) is 0 Å². The zero-order valence-electron chi connectivity index (χ0n) is 12.0. The molecule has 0 saturated heterocycles. The van der Waals surface area contributed by atoms with Crippen LogP contribution in [0.2, 0.25) is 0 Å². The number of aliphatic hydroxyl groups is 2. The molecule has 1 saturated carbocycles. The molecule has 3 aromatic rings. The first kappa shape index (κ1) is 13.4. The van der Waals surface area contributed by atoms with E-state index in [1.807, 2.05) is 41.1 Å². The monoisotopic (exact) mass is 295 g/mol. The first-order chi connectivity index (χ1) is 10.7. The van der Waals surface area contributed by atoms with Crippen LogP contribution in [0.1, 0.15) is 18.9 Å². The Bertz CT molecular complexity index is 814. The molecule has 5 nitrogen and oxygen atoms in total. The van der Waals surface area contributed by atoms with E-state index in [1.165, 1.54) is 0 Å². The molecule has 112 valence electrons. The van der Waals surface area contributed by atoms with E-state index in [1.54, 1.807) is 12.4 Å². The van der Waals surface area contributed by atoms with Crippen molar-refractivity contribution >= 4 is 10.9 Å². The third-order valence-corrected chi connectivity index (χ3v) is 4.44. The maximum absolute atomic E-state index is 10.2. The summed E-state index contributed by atoms with van der Waals surface area (Å²) in [6.45, 7) is 0. The number of rotatable bonds is 2. The fourth-order valence-corrected chi connectivity index (χ4v) is 3.25. The van der Waals surface area contributed by atoms with Crippen LogP contribution >= 0.6 is 0 Å². The van der Waals surface area contributed by atoms with Crippen LogP contribution in [0.25, 0.3) is 22.3 Å². The summed E-state index contributed by atoms with van der Waals surface area (Å²) in [6, 6.07) is 9.85. The summed E-state index contributed by atoms with van der Waals surface area (Å²) in [5.41, 5.74) is 1.88. The lowest BCUT2D eigenvalue weighted by atomic mass is 10.1. The number of fused-ring (bicyclic) bond motifs is 1. The highest BCUT2D eigenvalue weighted by Crippen LogP contribution is 2.34. The van der Waals surface area contributed by atoms with Gasteiger partial charge >= 0.3 is 0 Å². The van der Waals surface area contributed by atoms with Gasteiger partial charge in [0.05, 0.1) is 17.7 Å². The zero-order valence-corrected chi connectivity index (χ0v) is 12.0. The Kier molecular flexibility index (Phi) is 3.17. The molecule has 0 bridgehead atoms. The Morgan fingerprint density at radius 3 is 2.77 bits per heavy atom. The molecule has 0 unspecified atom stereocenters. The lowest BCUT2D eigenvalue weighted by Gasteiger charge is -2.20. The average molecular weight is 295 g/mol. The minimum atomic E-state index is -0.744. The van der Waals surface area contributed by atoms with E-state index in [4.69, 9.17) is 0 Å². The summed E-state index contributed by atoms with van der Waals surface area (Å²) >= 11 is 0. The highest BCUT2D eigenvalue weighted by molar-refractivity contribution is 5.82. The summed E-state index contributed by atoms with van der Waals surface area (Å²) in [7, 11) is 0. The molecular weight excluding hydrogens is 278 g/mol. The third-order valence-electron chi connectivity index (χ3n) is 4.44. The Labute approximate surface area is 127 Å². The van der Waals surface area contributed by atoms with Crippen LogP contribution in [0.3, 0.4) is 0 Å². The Hall–Kier alpha value is -2.24. The number of imidazole rings is 1. The molecule has 0 spiro atoms. The summed E-state index contributed by atoms with van der Waals surface area (Å²) in [5, 5.41) is 21.0. The Morgan fingerprint density at radius 1 is 1.05 bits per heavy atom. The Morgan fingerprint density at radius 2 is 1.95 bits per heavy atom. The predicted octanol–water partition coefficient (Wildman–Crippen LogP) is 2.16. The summed E-state index contributed by atoms with van der Waals surface area (Å²) in [5.74, 6) is 0.797. The van der Waals surface area contributed by atoms with Gasteiger partial charge in [-0.15, -0.1) is 0 Å². The van der Waals surface area contributed by atoms with Gasteiger partial charge in [0.1, 0.15) is 11.9 Å². The molecule has 5 heteroatoms. The van der Waals surface area contributed by atoms with E-state index in [0.29, 0.717) is 6.42 Å². The van der Waals surface area contributed by atoms with E-state index in [0.717, 1.165) is 28.7 Å². The number of hydrogen-bond donors (Lipinski definition) is 2. The molecule has 0 aliphatic heterocycles. The highest BCUT2D eigenvalue weighted by Gasteiger charge is 2.35. The van der Waals surface area contributed by atoms with Crippen LogP contribution in [-0.4, -0.2) is 37.0 Å². The Balaban J connectivity index is 1.78. The summed E-state index contributed by atoms with van der Waals surface area (Å²) < 4.78 is 1.96. The highest BCUT2D eigenvalue weighted by atomic mass is 16.3. The maximum Gasteiger partial charge on any atom is 0.140 e. The van der Waals surface area contributed by atoms with Gasteiger partial charge in [-0.2, -0.15) is 0 Å². The fourth-order valence-electron chi connectivity index (χ4n) is 3.25. The molecule has 1 aliphatic carbocycles. The van der Waals surface area contributed by atoms with E-state index in [2.05, 4.69) is 9.97 Å². The van der Waals surface area contributed by atoms with Gasteiger partial charge in [-0.1, -0.05) is 18.2 Å². The fraction of sp³-hybridized carbons (Fsp3) is 0.294. The van der Waals surface area contributed by atoms with Crippen LogP contribution < -0.4 is 0 Å². The van der Waals surface area contributed by atoms with Crippen LogP contribution in [0.4, 0.5) is 0 Å². The molecule has 1 fully saturated rings. The minimum Gasteiger partial charge on any atom is -0.390 e. The second-order valence-electron chi connectivity index (χ2n) is 5.77. The topological polar surface area (TPSA) is 71.2 Å². The number of pyridine rings is 1. The van der Waals surface area contributed by atoms with Crippen molar-refractivity contribution in [3.63, 3.8) is 0 Å². The van der Waals surface area contributed by atoms with Gasteiger partial charge in [0, 0.05) is 29.5 Å². The predicted molar refractivity (Wildman–Crippen MR) is 83.2 cm³/mol. The van der Waals surface area contributed by atoms with Crippen molar-refractivity contribution in [3.05, 3.63) is 48.9 Å². The molecule has 3 atom stereocenters. The van der Waals surface area contributed by atoms with Crippen molar-refractivity contribution < 1.29 is 10.2 Å². The van der Waals surface area contributed by atoms with E-state index in [9.17, 15) is 10.2 Å². The van der Waals surface area contributed by atoms with Crippen LogP contribution in [0.15, 0.2) is 48.9 Å². The largest absolute Gasteiger partial charge is 0.390 e. The zero-order chi connectivity index (χ0) is 15.1. The molecule has 0 radical (unpaired) electrons. The third kappa shape index (κ3) is 2.10. The second-order valence-corrected chi connectivity index (χ2v) is 5.77. The van der Waals surface area contributed by atoms with Gasteiger partial charge < -0.3 is 14.8 Å². The molecule has 1 aromatic carbocycles. The number of hydrogen-bond acceptors (Lipinski definition) is 4. The SMILES string of the molecule is O[C@@H]1[C@H](O)CC[C@H]1n1ccnc1-c1ccc2cccnc2c1. The van der Waals surface area contributed by atoms with Crippen molar-refractivity contribution in [2.45, 2.75) is 31.1 Å². The number of benzene rings is 1. The average Bonchev–Trinajstić information content (AvgIpc) is 3.15. The van der Waals surface area contributed by atoms with Crippen molar-refractivity contribution in [2.24, 2.45) is 0 Å². The molecule has 22 heavy (non-hydrogen) atoms. The second kappa shape index (κ2) is 5.19. The maximum atomic E-state index is 10.2. The molecule has 1 aliphatic rings. The number of aliphatic hydroxyl groups excluding tert-OH is 2.